The number of aldehydes is 1. The van der Waals surface area contributed by atoms with Crippen molar-refractivity contribution in [3.63, 3.8) is 0 Å². The van der Waals surface area contributed by atoms with Gasteiger partial charge in [-0.05, 0) is 26.8 Å². The lowest BCUT2D eigenvalue weighted by Gasteiger charge is -2.20. The second-order valence-corrected chi connectivity index (χ2v) is 4.77. The number of halogens is 1. The van der Waals surface area contributed by atoms with Gasteiger partial charge < -0.3 is 14.9 Å². The van der Waals surface area contributed by atoms with E-state index in [0.717, 1.165) is 6.07 Å². The Hall–Kier alpha value is -2.31. The molecule has 3 N–H and O–H groups in total. The van der Waals surface area contributed by atoms with E-state index in [2.05, 4.69) is 0 Å². The van der Waals surface area contributed by atoms with E-state index in [1.165, 1.54) is 0 Å². The van der Waals surface area contributed by atoms with E-state index in [9.17, 15) is 24.2 Å². The topological polar surface area (TPSA) is 95.9 Å². The summed E-state index contributed by atoms with van der Waals surface area (Å²) < 4.78 is 18.5. The molecule has 0 saturated carbocycles. The van der Waals surface area contributed by atoms with E-state index in [1.807, 2.05) is 5.32 Å². The Labute approximate surface area is 108 Å². The van der Waals surface area contributed by atoms with Crippen LogP contribution in [-0.2, 0) is 4.74 Å². The third-order valence-corrected chi connectivity index (χ3v) is 2.00. The summed E-state index contributed by atoms with van der Waals surface area (Å²) >= 11 is 0. The molecule has 104 valence electrons. The first-order valence-electron chi connectivity index (χ1n) is 5.35. The number of anilines is 1. The molecule has 1 amide bonds. The summed E-state index contributed by atoms with van der Waals surface area (Å²) in [5, 5.41) is 20.6. The highest BCUT2D eigenvalue weighted by Gasteiger charge is 2.21. The normalized spacial score (nSPS) is 10.9. The van der Waals surface area contributed by atoms with Gasteiger partial charge in [0.25, 0.3) is 0 Å². The molecule has 0 aromatic heterocycles. The van der Waals surface area contributed by atoms with E-state index in [0.29, 0.717) is 0 Å². The molecule has 0 saturated heterocycles. The number of phenolic OH excluding ortho intramolecular Hbond substituents is 2. The van der Waals surface area contributed by atoms with Gasteiger partial charge in [0.2, 0.25) is 0 Å². The maximum absolute atomic E-state index is 13.6. The second-order valence-electron chi connectivity index (χ2n) is 4.77. The maximum atomic E-state index is 13.6. The Morgan fingerprint density at radius 2 is 1.95 bits per heavy atom. The molecule has 0 atom stereocenters. The molecule has 1 rings (SSSR count). The van der Waals surface area contributed by atoms with Crippen LogP contribution in [0.5, 0.6) is 11.5 Å². The number of hydrogen-bond donors (Lipinski definition) is 3. The van der Waals surface area contributed by atoms with Crippen molar-refractivity contribution >= 4 is 18.1 Å². The van der Waals surface area contributed by atoms with Crippen LogP contribution in [0, 0.1) is 5.82 Å². The highest BCUT2D eigenvalue weighted by atomic mass is 19.1. The van der Waals surface area contributed by atoms with Gasteiger partial charge >= 0.3 is 6.09 Å². The third-order valence-electron chi connectivity index (χ3n) is 2.00. The summed E-state index contributed by atoms with van der Waals surface area (Å²) in [6, 6.07) is 0.890. The molecule has 1 aromatic rings. The van der Waals surface area contributed by atoms with Crippen LogP contribution in [0.2, 0.25) is 0 Å². The lowest BCUT2D eigenvalue weighted by Crippen LogP contribution is -2.27. The average Bonchev–Trinajstić information content (AvgIpc) is 2.27. The van der Waals surface area contributed by atoms with E-state index in [4.69, 9.17) is 4.74 Å². The minimum Gasteiger partial charge on any atom is -0.504 e. The van der Waals surface area contributed by atoms with Crippen LogP contribution in [0.25, 0.3) is 0 Å². The number of aromatic hydroxyl groups is 2. The first-order chi connectivity index (χ1) is 8.65. The largest absolute Gasteiger partial charge is 0.504 e. The zero-order valence-electron chi connectivity index (χ0n) is 10.7. The molecule has 0 fully saturated rings. The van der Waals surface area contributed by atoms with E-state index >= 15 is 0 Å². The molecule has 0 aliphatic heterocycles. The fourth-order valence-electron chi connectivity index (χ4n) is 1.25. The van der Waals surface area contributed by atoms with Crippen molar-refractivity contribution in [1.29, 1.82) is 0 Å². The number of phenols is 2. The van der Waals surface area contributed by atoms with Gasteiger partial charge in [-0.25, -0.2) is 9.18 Å². The minimum absolute atomic E-state index is 0.217. The van der Waals surface area contributed by atoms with Crippen molar-refractivity contribution in [2.24, 2.45) is 0 Å². The Morgan fingerprint density at radius 1 is 1.37 bits per heavy atom. The molecule has 0 spiro atoms. The number of hydrogen-bond acceptors (Lipinski definition) is 5. The zero-order valence-corrected chi connectivity index (χ0v) is 10.7. The maximum Gasteiger partial charge on any atom is 0.412 e. The summed E-state index contributed by atoms with van der Waals surface area (Å²) in [6.07, 6.45) is -0.734. The van der Waals surface area contributed by atoms with Crippen LogP contribution in [0.15, 0.2) is 6.07 Å². The first-order valence-corrected chi connectivity index (χ1v) is 5.35. The molecule has 0 radical (unpaired) electrons. The quantitative estimate of drug-likeness (QED) is 0.436. The predicted molar refractivity (Wildman–Crippen MR) is 65.0 cm³/mol. The van der Waals surface area contributed by atoms with Crippen molar-refractivity contribution in [1.82, 2.24) is 0 Å². The smallest absolute Gasteiger partial charge is 0.412 e. The van der Waals surface area contributed by atoms with Crippen molar-refractivity contribution in [3.05, 3.63) is 17.4 Å². The summed E-state index contributed by atoms with van der Waals surface area (Å²) in [5.74, 6) is -3.26. The van der Waals surface area contributed by atoms with Crippen LogP contribution in [0.3, 0.4) is 0 Å². The number of ether oxygens (including phenoxy) is 1. The zero-order chi connectivity index (χ0) is 14.8. The van der Waals surface area contributed by atoms with Gasteiger partial charge in [-0.15, -0.1) is 0 Å². The molecule has 0 aliphatic carbocycles. The summed E-state index contributed by atoms with van der Waals surface area (Å²) in [4.78, 5) is 22.1. The van der Waals surface area contributed by atoms with Crippen LogP contribution in [-0.4, -0.2) is 28.2 Å². The molecule has 7 heteroatoms. The fourth-order valence-corrected chi connectivity index (χ4v) is 1.25. The second kappa shape index (κ2) is 5.13. The minimum atomic E-state index is -1.26. The lowest BCUT2D eigenvalue weighted by molar-refractivity contribution is 0.0635. The lowest BCUT2D eigenvalue weighted by atomic mass is 10.1. The average molecular weight is 271 g/mol. The van der Waals surface area contributed by atoms with Gasteiger partial charge in [0, 0.05) is 0 Å². The summed E-state index contributed by atoms with van der Waals surface area (Å²) in [6.45, 7) is 4.86. The molecule has 0 unspecified atom stereocenters. The Kier molecular flexibility index (Phi) is 3.98. The molecule has 0 bridgehead atoms. The number of amides is 1. The molecular formula is C12H14FNO5. The van der Waals surface area contributed by atoms with Crippen molar-refractivity contribution < 1.29 is 28.9 Å². The van der Waals surface area contributed by atoms with Crippen LogP contribution >= 0.6 is 0 Å². The number of benzene rings is 1. The Balaban J connectivity index is 3.05. The summed E-state index contributed by atoms with van der Waals surface area (Å²) in [5.41, 5.74) is -1.61. The first kappa shape index (κ1) is 14.7. The highest BCUT2D eigenvalue weighted by Crippen LogP contribution is 2.35. The summed E-state index contributed by atoms with van der Waals surface area (Å²) in [7, 11) is 0. The predicted octanol–water partition coefficient (Wildman–Crippen LogP) is 2.40. The van der Waals surface area contributed by atoms with Gasteiger partial charge in [0.15, 0.2) is 23.6 Å². The Bertz CT molecular complexity index is 522. The van der Waals surface area contributed by atoms with Gasteiger partial charge in [0.05, 0.1) is 11.3 Å². The molecule has 19 heavy (non-hydrogen) atoms. The highest BCUT2D eigenvalue weighted by molar-refractivity contribution is 5.90. The number of nitrogens with one attached hydrogen (secondary N) is 1. The van der Waals surface area contributed by atoms with Gasteiger partial charge in [-0.3, -0.25) is 10.1 Å². The van der Waals surface area contributed by atoms with E-state index < -0.39 is 34.7 Å². The van der Waals surface area contributed by atoms with Gasteiger partial charge in [-0.2, -0.15) is 0 Å². The molecule has 0 aliphatic rings. The Morgan fingerprint density at radius 3 is 2.42 bits per heavy atom. The number of rotatable bonds is 2. The van der Waals surface area contributed by atoms with Crippen molar-refractivity contribution in [3.8, 4) is 11.5 Å². The third kappa shape index (κ3) is 3.57. The van der Waals surface area contributed by atoms with E-state index in [-0.39, 0.29) is 11.8 Å². The molecule has 0 heterocycles. The van der Waals surface area contributed by atoms with Gasteiger partial charge in [0.1, 0.15) is 5.60 Å². The SMILES string of the molecule is CC(C)(C)OC(=O)Nc1cc(C=O)c(O)c(O)c1F. The molecular weight excluding hydrogens is 257 g/mol. The van der Waals surface area contributed by atoms with Gasteiger partial charge in [-0.1, -0.05) is 0 Å². The monoisotopic (exact) mass is 271 g/mol. The standard InChI is InChI=1S/C12H14FNO5/c1-12(2,3)19-11(18)14-7-4-6(5-15)9(16)10(17)8(7)13/h4-5,16-17H,1-3H3,(H,14,18). The van der Waals surface area contributed by atoms with Crippen molar-refractivity contribution in [2.75, 3.05) is 5.32 Å². The van der Waals surface area contributed by atoms with Crippen molar-refractivity contribution in [2.45, 2.75) is 26.4 Å². The molecule has 6 nitrogen and oxygen atoms in total. The van der Waals surface area contributed by atoms with E-state index in [1.54, 1.807) is 20.8 Å². The number of carbonyl (C=O) groups is 2. The molecule has 1 aromatic carbocycles. The van der Waals surface area contributed by atoms with Crippen LogP contribution < -0.4 is 5.32 Å². The fraction of sp³-hybridized carbons (Fsp3) is 0.333. The van der Waals surface area contributed by atoms with Crippen LogP contribution in [0.1, 0.15) is 31.1 Å². The number of carbonyl (C=O) groups excluding carboxylic acids is 2. The van der Waals surface area contributed by atoms with Crippen LogP contribution in [0.4, 0.5) is 14.9 Å².